The molecule has 154 valence electrons. The Balaban J connectivity index is 1.49. The molecule has 0 radical (unpaired) electrons. The maximum absolute atomic E-state index is 13.0. The maximum Gasteiger partial charge on any atom is 0.277 e. The summed E-state index contributed by atoms with van der Waals surface area (Å²) in [4.78, 5) is 40.4. The molecule has 0 unspecified atom stereocenters. The summed E-state index contributed by atoms with van der Waals surface area (Å²) in [5.41, 5.74) is 1.60. The van der Waals surface area contributed by atoms with Gasteiger partial charge in [-0.15, -0.1) is 0 Å². The monoisotopic (exact) mass is 425 g/mol. The van der Waals surface area contributed by atoms with E-state index < -0.39 is 0 Å². The van der Waals surface area contributed by atoms with E-state index in [0.717, 1.165) is 10.6 Å². The van der Waals surface area contributed by atoms with E-state index in [2.05, 4.69) is 20.3 Å². The highest BCUT2D eigenvalue weighted by Crippen LogP contribution is 2.30. The fraction of sp³-hybridized carbons (Fsp3) is 0.250. The molecule has 3 aromatic rings. The molecule has 0 saturated heterocycles. The van der Waals surface area contributed by atoms with Gasteiger partial charge in [0.2, 0.25) is 0 Å². The lowest BCUT2D eigenvalue weighted by Gasteiger charge is -2.26. The van der Waals surface area contributed by atoms with Gasteiger partial charge in [0, 0.05) is 41.9 Å². The van der Waals surface area contributed by atoms with Gasteiger partial charge in [-0.2, -0.15) is 0 Å². The number of nitrogens with one attached hydrogen (secondary N) is 1. The molecule has 30 heavy (non-hydrogen) atoms. The number of hydrogen-bond acceptors (Lipinski definition) is 8. The highest BCUT2D eigenvalue weighted by Gasteiger charge is 2.26. The number of methoxy groups -OCH3 is 2. The third-order valence-corrected chi connectivity index (χ3v) is 5.63. The number of ether oxygens (including phenoxy) is 2. The average molecular weight is 425 g/mol. The fourth-order valence-corrected chi connectivity index (χ4v) is 4.13. The number of amides is 2. The van der Waals surface area contributed by atoms with Crippen molar-refractivity contribution in [1.29, 1.82) is 0 Å². The third kappa shape index (κ3) is 4.08. The molecule has 2 aromatic heterocycles. The molecule has 9 nitrogen and oxygen atoms in total. The minimum Gasteiger partial charge on any atom is -0.497 e. The number of carbonyl (C=O) groups excluding carboxylic acids is 2. The molecule has 0 bridgehead atoms. The molecule has 3 heterocycles. The first-order valence-corrected chi connectivity index (χ1v) is 9.97. The van der Waals surface area contributed by atoms with E-state index in [1.165, 1.54) is 29.9 Å². The van der Waals surface area contributed by atoms with E-state index in [1.807, 2.05) is 0 Å². The van der Waals surface area contributed by atoms with Crippen LogP contribution in [0, 0.1) is 0 Å². The van der Waals surface area contributed by atoms with E-state index in [9.17, 15) is 9.59 Å². The molecule has 2 amide bonds. The summed E-state index contributed by atoms with van der Waals surface area (Å²) in [6.45, 7) is 0.957. The number of benzene rings is 1. The quantitative estimate of drug-likeness (QED) is 0.669. The minimum absolute atomic E-state index is 0.114. The zero-order valence-corrected chi connectivity index (χ0v) is 17.2. The van der Waals surface area contributed by atoms with Crippen LogP contribution in [0.5, 0.6) is 11.5 Å². The topological polar surface area (TPSA) is 107 Å². The summed E-state index contributed by atoms with van der Waals surface area (Å²) in [5.74, 6) is 0.631. The van der Waals surface area contributed by atoms with Crippen LogP contribution in [0.1, 0.15) is 31.4 Å². The van der Waals surface area contributed by atoms with Crippen molar-refractivity contribution in [3.8, 4) is 11.5 Å². The van der Waals surface area contributed by atoms with Crippen molar-refractivity contribution in [3.05, 3.63) is 58.6 Å². The second kappa shape index (κ2) is 8.46. The number of rotatable bonds is 5. The smallest absolute Gasteiger partial charge is 0.277 e. The van der Waals surface area contributed by atoms with Gasteiger partial charge < -0.3 is 14.4 Å². The molecule has 0 spiro atoms. The zero-order chi connectivity index (χ0) is 21.1. The number of nitrogens with zero attached hydrogens (tertiary/aromatic N) is 4. The molecule has 1 aliphatic heterocycles. The van der Waals surface area contributed by atoms with E-state index in [-0.39, 0.29) is 17.5 Å². The summed E-state index contributed by atoms with van der Waals surface area (Å²) in [6, 6.07) is 5.11. The molecule has 10 heteroatoms. The number of aromatic nitrogens is 3. The van der Waals surface area contributed by atoms with Crippen LogP contribution in [0.4, 0.5) is 5.13 Å². The summed E-state index contributed by atoms with van der Waals surface area (Å²) in [7, 11) is 3.09. The number of fused-ring (bicyclic) bond motifs is 1. The summed E-state index contributed by atoms with van der Waals surface area (Å²) in [5, 5.41) is 3.23. The second-order valence-corrected chi connectivity index (χ2v) is 7.60. The van der Waals surface area contributed by atoms with E-state index in [4.69, 9.17) is 9.47 Å². The van der Waals surface area contributed by atoms with Gasteiger partial charge >= 0.3 is 0 Å². The van der Waals surface area contributed by atoms with Crippen LogP contribution in [-0.4, -0.2) is 52.4 Å². The third-order valence-electron chi connectivity index (χ3n) is 4.63. The maximum atomic E-state index is 13.0. The largest absolute Gasteiger partial charge is 0.497 e. The van der Waals surface area contributed by atoms with Gasteiger partial charge in [0.15, 0.2) is 5.13 Å². The van der Waals surface area contributed by atoms with Crippen LogP contribution >= 0.6 is 11.3 Å². The minimum atomic E-state index is -0.370. The van der Waals surface area contributed by atoms with Crippen LogP contribution in [0.15, 0.2) is 36.8 Å². The summed E-state index contributed by atoms with van der Waals surface area (Å²) < 4.78 is 10.5. The van der Waals surface area contributed by atoms with E-state index >= 15 is 0 Å². The number of anilines is 1. The molecule has 0 fully saturated rings. The first kappa shape index (κ1) is 19.8. The van der Waals surface area contributed by atoms with Crippen molar-refractivity contribution >= 4 is 28.3 Å². The van der Waals surface area contributed by atoms with Crippen molar-refractivity contribution in [2.75, 3.05) is 26.1 Å². The molecule has 1 aliphatic rings. The highest BCUT2D eigenvalue weighted by molar-refractivity contribution is 7.15. The average Bonchev–Trinajstić information content (AvgIpc) is 3.20. The lowest BCUT2D eigenvalue weighted by atomic mass is 10.1. The summed E-state index contributed by atoms with van der Waals surface area (Å²) >= 11 is 1.36. The molecule has 0 atom stereocenters. The molecule has 0 saturated carbocycles. The van der Waals surface area contributed by atoms with Crippen molar-refractivity contribution in [2.24, 2.45) is 0 Å². The number of thiazole rings is 1. The van der Waals surface area contributed by atoms with E-state index in [0.29, 0.717) is 41.7 Å². The van der Waals surface area contributed by atoms with Gasteiger partial charge in [-0.25, -0.2) is 9.97 Å². The highest BCUT2D eigenvalue weighted by atomic mass is 32.1. The lowest BCUT2D eigenvalue weighted by Crippen LogP contribution is -2.35. The first-order chi connectivity index (χ1) is 14.6. The molecule has 1 aromatic carbocycles. The Morgan fingerprint density at radius 1 is 1.13 bits per heavy atom. The summed E-state index contributed by atoms with van der Waals surface area (Å²) in [6.07, 6.45) is 4.96. The number of hydrogen-bond donors (Lipinski definition) is 1. The SMILES string of the molecule is COc1cc(OC)cc(C(=O)N2CCc3nc(NC(=O)c4cnccn4)sc3C2)c1. The Bertz CT molecular complexity index is 1060. The van der Waals surface area contributed by atoms with Crippen LogP contribution in [0.25, 0.3) is 0 Å². The first-order valence-electron chi connectivity index (χ1n) is 9.15. The normalized spacial score (nSPS) is 12.8. The Kier molecular flexibility index (Phi) is 5.57. The molecule has 4 rings (SSSR count). The molecule has 0 aliphatic carbocycles. The Labute approximate surface area is 176 Å². The predicted molar refractivity (Wildman–Crippen MR) is 110 cm³/mol. The van der Waals surface area contributed by atoms with Gasteiger partial charge in [-0.3, -0.25) is 19.9 Å². The lowest BCUT2D eigenvalue weighted by molar-refractivity contribution is 0.0735. The fourth-order valence-electron chi connectivity index (χ4n) is 3.11. The van der Waals surface area contributed by atoms with Crippen LogP contribution in [0.2, 0.25) is 0 Å². The second-order valence-electron chi connectivity index (χ2n) is 6.51. The molecular formula is C20H19N5O4S. The van der Waals surface area contributed by atoms with Gasteiger partial charge in [-0.05, 0) is 12.1 Å². The van der Waals surface area contributed by atoms with Gasteiger partial charge in [0.05, 0.1) is 32.7 Å². The van der Waals surface area contributed by atoms with E-state index in [1.54, 1.807) is 37.3 Å². The Morgan fingerprint density at radius 3 is 2.57 bits per heavy atom. The van der Waals surface area contributed by atoms with Crippen molar-refractivity contribution < 1.29 is 19.1 Å². The van der Waals surface area contributed by atoms with Gasteiger partial charge in [-0.1, -0.05) is 11.3 Å². The van der Waals surface area contributed by atoms with Crippen LogP contribution < -0.4 is 14.8 Å². The van der Waals surface area contributed by atoms with Gasteiger partial charge in [0.1, 0.15) is 17.2 Å². The molecule has 1 N–H and O–H groups in total. The van der Waals surface area contributed by atoms with Crippen molar-refractivity contribution in [3.63, 3.8) is 0 Å². The Morgan fingerprint density at radius 2 is 1.90 bits per heavy atom. The zero-order valence-electron chi connectivity index (χ0n) is 16.4. The standard InChI is InChI=1S/C20H19N5O4S/c1-28-13-7-12(8-14(9-13)29-2)19(27)25-6-3-15-17(11-25)30-20(23-15)24-18(26)16-10-21-4-5-22-16/h4-5,7-10H,3,6,11H2,1-2H3,(H,23,24,26). The van der Waals surface area contributed by atoms with Gasteiger partial charge in [0.25, 0.3) is 11.8 Å². The van der Waals surface area contributed by atoms with Crippen molar-refractivity contribution in [2.45, 2.75) is 13.0 Å². The number of carbonyl (C=O) groups is 2. The Hall–Kier alpha value is -3.53. The van der Waals surface area contributed by atoms with Crippen LogP contribution in [0.3, 0.4) is 0 Å². The molecular weight excluding hydrogens is 406 g/mol. The van der Waals surface area contributed by atoms with Crippen molar-refractivity contribution in [1.82, 2.24) is 19.9 Å². The predicted octanol–water partition coefficient (Wildman–Crippen LogP) is 2.40. The van der Waals surface area contributed by atoms with Crippen LogP contribution in [-0.2, 0) is 13.0 Å².